The van der Waals surface area contributed by atoms with Crippen LogP contribution in [-0.2, 0) is 11.2 Å². The smallest absolute Gasteiger partial charge is 0.160 e. The number of rotatable bonds is 4. The second-order valence-electron chi connectivity index (χ2n) is 7.32. The van der Waals surface area contributed by atoms with Gasteiger partial charge in [0.15, 0.2) is 11.5 Å². The minimum Gasteiger partial charge on any atom is -0.504 e. The molecule has 2 heterocycles. The highest BCUT2D eigenvalue weighted by Gasteiger charge is 2.37. The molecule has 2 aliphatic heterocycles. The molecule has 5 heteroatoms. The van der Waals surface area contributed by atoms with Gasteiger partial charge in [-0.05, 0) is 62.4 Å². The van der Waals surface area contributed by atoms with E-state index in [-0.39, 0.29) is 18.4 Å². The molecule has 0 aliphatic carbocycles. The predicted molar refractivity (Wildman–Crippen MR) is 101 cm³/mol. The van der Waals surface area contributed by atoms with Gasteiger partial charge in [0.25, 0.3) is 0 Å². The fraction of sp³-hybridized carbons (Fsp3) is 0.524. The average Bonchev–Trinajstić information content (AvgIpc) is 2.63. The summed E-state index contributed by atoms with van der Waals surface area (Å²) in [6.07, 6.45) is 1.73. The standard InChI is InChI=1S/C21H29NO4/c1-12-10-22-13(2)6-15-7-21(26-5)20(24)9-17(15)19(22)8-16(12)18(11-23)14(3)25-4/h7,9,13,19,23-24H,6,8,10-11H2,1-5H3/b18-14+/t13-,19+/m1/s1. The van der Waals surface area contributed by atoms with Crippen molar-refractivity contribution in [2.75, 3.05) is 27.4 Å². The molecule has 0 bridgehead atoms. The highest BCUT2D eigenvalue weighted by Crippen LogP contribution is 2.45. The normalized spacial score (nSPS) is 23.9. The van der Waals surface area contributed by atoms with Gasteiger partial charge in [-0.15, -0.1) is 0 Å². The van der Waals surface area contributed by atoms with Gasteiger partial charge < -0.3 is 19.7 Å². The van der Waals surface area contributed by atoms with Crippen molar-refractivity contribution in [1.82, 2.24) is 4.90 Å². The molecule has 0 unspecified atom stereocenters. The van der Waals surface area contributed by atoms with Crippen molar-refractivity contribution in [3.8, 4) is 11.5 Å². The number of ether oxygens (including phenoxy) is 2. The zero-order valence-corrected chi connectivity index (χ0v) is 16.3. The van der Waals surface area contributed by atoms with Crippen LogP contribution in [-0.4, -0.2) is 48.5 Å². The first kappa shape index (κ1) is 18.8. The number of aliphatic hydroxyl groups excluding tert-OH is 1. The number of benzene rings is 1. The summed E-state index contributed by atoms with van der Waals surface area (Å²) in [5.41, 5.74) is 5.70. The van der Waals surface area contributed by atoms with Gasteiger partial charge in [-0.3, -0.25) is 4.90 Å². The highest BCUT2D eigenvalue weighted by atomic mass is 16.5. The third-order valence-electron chi connectivity index (χ3n) is 5.87. The quantitative estimate of drug-likeness (QED) is 0.808. The van der Waals surface area contributed by atoms with Crippen LogP contribution >= 0.6 is 0 Å². The summed E-state index contributed by atoms with van der Waals surface area (Å²) in [6.45, 7) is 7.10. The molecule has 0 saturated heterocycles. The number of fused-ring (bicyclic) bond motifs is 3. The minimum absolute atomic E-state index is 0.0324. The van der Waals surface area contributed by atoms with Crippen LogP contribution in [0.5, 0.6) is 11.5 Å². The molecule has 2 atom stereocenters. The first-order chi connectivity index (χ1) is 12.4. The lowest BCUT2D eigenvalue weighted by Crippen LogP contribution is -2.45. The van der Waals surface area contributed by atoms with Crippen LogP contribution in [0.4, 0.5) is 0 Å². The van der Waals surface area contributed by atoms with Gasteiger partial charge in [-0.25, -0.2) is 0 Å². The minimum atomic E-state index is -0.0324. The van der Waals surface area contributed by atoms with Gasteiger partial charge in [0.1, 0.15) is 0 Å². The Kier molecular flexibility index (Phi) is 5.30. The molecule has 26 heavy (non-hydrogen) atoms. The lowest BCUT2D eigenvalue weighted by atomic mass is 9.79. The van der Waals surface area contributed by atoms with E-state index in [4.69, 9.17) is 9.47 Å². The number of aliphatic hydroxyl groups is 1. The third kappa shape index (κ3) is 3.10. The second kappa shape index (κ2) is 7.33. The van der Waals surface area contributed by atoms with Gasteiger partial charge in [-0.1, -0.05) is 5.57 Å². The maximum absolute atomic E-state index is 10.3. The van der Waals surface area contributed by atoms with Gasteiger partial charge in [0.05, 0.1) is 26.6 Å². The van der Waals surface area contributed by atoms with Crippen LogP contribution in [0.2, 0.25) is 0 Å². The molecule has 1 aromatic carbocycles. The number of methoxy groups -OCH3 is 2. The fourth-order valence-electron chi connectivity index (χ4n) is 4.35. The topological polar surface area (TPSA) is 62.2 Å². The molecule has 0 amide bonds. The van der Waals surface area contributed by atoms with Crippen LogP contribution in [0.1, 0.15) is 44.4 Å². The van der Waals surface area contributed by atoms with E-state index in [0.29, 0.717) is 11.8 Å². The van der Waals surface area contributed by atoms with Crippen LogP contribution in [0.3, 0.4) is 0 Å². The number of phenolic OH excluding ortho intramolecular Hbond substituents is 1. The number of nitrogens with zero attached hydrogens (tertiary/aromatic N) is 1. The molecular weight excluding hydrogens is 330 g/mol. The zero-order chi connectivity index (χ0) is 19.0. The van der Waals surface area contributed by atoms with Crippen LogP contribution in [0.25, 0.3) is 0 Å². The van der Waals surface area contributed by atoms with Crippen molar-refractivity contribution in [1.29, 1.82) is 0 Å². The Hall–Kier alpha value is -1.98. The highest BCUT2D eigenvalue weighted by molar-refractivity contribution is 5.51. The summed E-state index contributed by atoms with van der Waals surface area (Å²) in [7, 11) is 3.22. The van der Waals surface area contributed by atoms with Crippen molar-refractivity contribution in [2.45, 2.75) is 45.7 Å². The molecule has 0 aromatic heterocycles. The van der Waals surface area contributed by atoms with Gasteiger partial charge >= 0.3 is 0 Å². The Morgan fingerprint density at radius 1 is 1.27 bits per heavy atom. The van der Waals surface area contributed by atoms with Crippen LogP contribution < -0.4 is 4.74 Å². The molecule has 3 rings (SSSR count). The van der Waals surface area contributed by atoms with E-state index in [1.165, 1.54) is 16.7 Å². The van der Waals surface area contributed by atoms with Crippen LogP contribution in [0.15, 0.2) is 34.6 Å². The summed E-state index contributed by atoms with van der Waals surface area (Å²) < 4.78 is 10.7. The monoisotopic (exact) mass is 359 g/mol. The predicted octanol–water partition coefficient (Wildman–Crippen LogP) is 3.32. The summed E-state index contributed by atoms with van der Waals surface area (Å²) in [5.74, 6) is 1.47. The van der Waals surface area contributed by atoms with Crippen molar-refractivity contribution >= 4 is 0 Å². The van der Waals surface area contributed by atoms with Crippen molar-refractivity contribution in [3.63, 3.8) is 0 Å². The number of hydrogen-bond donors (Lipinski definition) is 2. The van der Waals surface area contributed by atoms with Crippen molar-refractivity contribution < 1.29 is 19.7 Å². The lowest BCUT2D eigenvalue weighted by Gasteiger charge is -2.46. The molecular formula is C21H29NO4. The molecule has 1 aromatic rings. The Labute approximate surface area is 155 Å². The maximum Gasteiger partial charge on any atom is 0.160 e. The van der Waals surface area contributed by atoms with E-state index in [1.807, 2.05) is 19.1 Å². The Bertz CT molecular complexity index is 766. The number of hydrogen-bond acceptors (Lipinski definition) is 5. The zero-order valence-electron chi connectivity index (χ0n) is 16.3. The summed E-state index contributed by atoms with van der Waals surface area (Å²) in [5, 5.41) is 20.2. The Balaban J connectivity index is 2.07. The second-order valence-corrected chi connectivity index (χ2v) is 7.32. The van der Waals surface area contributed by atoms with Crippen LogP contribution in [0, 0.1) is 0 Å². The summed E-state index contributed by atoms with van der Waals surface area (Å²) in [6, 6.07) is 4.40. The molecule has 0 fully saturated rings. The van der Waals surface area contributed by atoms with E-state index in [2.05, 4.69) is 18.7 Å². The molecule has 0 spiro atoms. The number of phenols is 1. The maximum atomic E-state index is 10.3. The molecule has 0 radical (unpaired) electrons. The first-order valence-corrected chi connectivity index (χ1v) is 9.10. The van der Waals surface area contributed by atoms with Crippen molar-refractivity contribution in [2.24, 2.45) is 0 Å². The van der Waals surface area contributed by atoms with Gasteiger partial charge in [0, 0.05) is 24.2 Å². The molecule has 0 saturated carbocycles. The van der Waals surface area contributed by atoms with E-state index >= 15 is 0 Å². The van der Waals surface area contributed by atoms with Crippen molar-refractivity contribution in [3.05, 3.63) is 45.7 Å². The van der Waals surface area contributed by atoms with E-state index < -0.39 is 0 Å². The third-order valence-corrected chi connectivity index (χ3v) is 5.87. The Morgan fingerprint density at radius 3 is 2.62 bits per heavy atom. The Morgan fingerprint density at radius 2 is 2.00 bits per heavy atom. The number of allylic oxidation sites excluding steroid dienone is 1. The number of aromatic hydroxyl groups is 1. The lowest BCUT2D eigenvalue weighted by molar-refractivity contribution is 0.128. The largest absolute Gasteiger partial charge is 0.504 e. The molecule has 5 nitrogen and oxygen atoms in total. The molecule has 2 N–H and O–H groups in total. The summed E-state index contributed by atoms with van der Waals surface area (Å²) >= 11 is 0. The SMILES string of the molecule is CO/C(C)=C(\CO)C1=C(C)CN2[C@H](C)Cc3cc(OC)c(O)cc3[C@@H]2C1. The summed E-state index contributed by atoms with van der Waals surface area (Å²) in [4.78, 5) is 2.49. The van der Waals surface area contributed by atoms with Gasteiger partial charge in [-0.2, -0.15) is 0 Å². The molecule has 142 valence electrons. The van der Waals surface area contributed by atoms with Gasteiger partial charge in [0.2, 0.25) is 0 Å². The van der Waals surface area contributed by atoms with E-state index in [0.717, 1.165) is 36.3 Å². The molecule has 2 aliphatic rings. The van der Waals surface area contributed by atoms with E-state index in [1.54, 1.807) is 14.2 Å². The fourth-order valence-corrected chi connectivity index (χ4v) is 4.35. The van der Waals surface area contributed by atoms with E-state index in [9.17, 15) is 10.2 Å². The first-order valence-electron chi connectivity index (χ1n) is 9.10. The average molecular weight is 359 g/mol.